The number of rotatable bonds is 4. The molecular weight excluding hydrogens is 250 g/mol. The average molecular weight is 270 g/mol. The Morgan fingerprint density at radius 2 is 2.00 bits per heavy atom. The van der Waals surface area contributed by atoms with E-state index in [1.165, 1.54) is 0 Å². The van der Waals surface area contributed by atoms with Crippen molar-refractivity contribution in [2.24, 2.45) is 0 Å². The fourth-order valence-corrected chi connectivity index (χ4v) is 1.85. The van der Waals surface area contributed by atoms with Crippen LogP contribution in [0.15, 0.2) is 24.3 Å². The highest BCUT2D eigenvalue weighted by atomic mass is 35.5. The highest BCUT2D eigenvalue weighted by Crippen LogP contribution is 2.21. The van der Waals surface area contributed by atoms with E-state index in [0.29, 0.717) is 5.02 Å². The summed E-state index contributed by atoms with van der Waals surface area (Å²) in [5, 5.41) is 3.80. The lowest BCUT2D eigenvalue weighted by atomic mass is 10.1. The minimum absolute atomic E-state index is 0.00576. The topological polar surface area (TPSA) is 38.3 Å². The fourth-order valence-electron chi connectivity index (χ4n) is 1.55. The molecule has 0 heterocycles. The van der Waals surface area contributed by atoms with Gasteiger partial charge in [-0.25, -0.2) is 0 Å². The van der Waals surface area contributed by atoms with Crippen molar-refractivity contribution in [1.29, 1.82) is 0 Å². The van der Waals surface area contributed by atoms with E-state index < -0.39 is 5.60 Å². The van der Waals surface area contributed by atoms with Crippen LogP contribution in [-0.4, -0.2) is 18.1 Å². The maximum absolute atomic E-state index is 11.6. The second-order valence-electron chi connectivity index (χ2n) is 5.21. The summed E-state index contributed by atoms with van der Waals surface area (Å²) >= 11 is 6.08. The molecule has 0 saturated carbocycles. The van der Waals surface area contributed by atoms with Crippen LogP contribution in [-0.2, 0) is 9.53 Å². The second-order valence-corrected chi connectivity index (χ2v) is 5.62. The summed E-state index contributed by atoms with van der Waals surface area (Å²) in [6.07, 6.45) is 0. The summed E-state index contributed by atoms with van der Waals surface area (Å²) in [5.74, 6) is -0.263. The Hall–Kier alpha value is -1.06. The molecule has 0 unspecified atom stereocenters. The number of esters is 1. The van der Waals surface area contributed by atoms with Gasteiger partial charge in [-0.2, -0.15) is 0 Å². The Bertz CT molecular complexity index is 413. The number of hydrogen-bond donors (Lipinski definition) is 1. The molecule has 3 nitrogen and oxygen atoms in total. The van der Waals surface area contributed by atoms with Crippen molar-refractivity contribution >= 4 is 17.6 Å². The minimum atomic E-state index is -0.452. The molecule has 0 aliphatic rings. The van der Waals surface area contributed by atoms with Gasteiger partial charge in [0.15, 0.2) is 0 Å². The SMILES string of the molecule is C[C@H](NCC(=O)OC(C)(C)C)c1ccccc1Cl. The summed E-state index contributed by atoms with van der Waals surface area (Å²) in [7, 11) is 0. The van der Waals surface area contributed by atoms with E-state index in [1.807, 2.05) is 52.0 Å². The van der Waals surface area contributed by atoms with Crippen LogP contribution in [0.4, 0.5) is 0 Å². The van der Waals surface area contributed by atoms with Crippen LogP contribution in [0.3, 0.4) is 0 Å². The van der Waals surface area contributed by atoms with Gasteiger partial charge in [-0.3, -0.25) is 4.79 Å². The lowest BCUT2D eigenvalue weighted by molar-refractivity contribution is -0.153. The van der Waals surface area contributed by atoms with E-state index in [-0.39, 0.29) is 18.6 Å². The Labute approximate surface area is 113 Å². The van der Waals surface area contributed by atoms with Gasteiger partial charge >= 0.3 is 5.97 Å². The molecule has 100 valence electrons. The number of carbonyl (C=O) groups is 1. The van der Waals surface area contributed by atoms with Crippen molar-refractivity contribution in [3.8, 4) is 0 Å². The summed E-state index contributed by atoms with van der Waals surface area (Å²) in [6.45, 7) is 7.68. The quantitative estimate of drug-likeness (QED) is 0.852. The number of ether oxygens (including phenoxy) is 1. The van der Waals surface area contributed by atoms with E-state index in [1.54, 1.807) is 0 Å². The number of carbonyl (C=O) groups excluding carboxylic acids is 1. The van der Waals surface area contributed by atoms with Crippen LogP contribution >= 0.6 is 11.6 Å². The molecule has 1 N–H and O–H groups in total. The highest BCUT2D eigenvalue weighted by molar-refractivity contribution is 6.31. The van der Waals surface area contributed by atoms with E-state index in [2.05, 4.69) is 5.32 Å². The third-order valence-electron chi connectivity index (χ3n) is 2.34. The van der Waals surface area contributed by atoms with Crippen LogP contribution in [0.2, 0.25) is 5.02 Å². The maximum atomic E-state index is 11.6. The van der Waals surface area contributed by atoms with E-state index in [4.69, 9.17) is 16.3 Å². The molecule has 0 aromatic heterocycles. The summed E-state index contributed by atoms with van der Waals surface area (Å²) in [6, 6.07) is 7.59. The first-order chi connectivity index (χ1) is 8.29. The summed E-state index contributed by atoms with van der Waals surface area (Å²) in [4.78, 5) is 11.6. The third kappa shape index (κ3) is 5.07. The van der Waals surface area contributed by atoms with Crippen molar-refractivity contribution in [3.05, 3.63) is 34.9 Å². The molecule has 4 heteroatoms. The maximum Gasteiger partial charge on any atom is 0.320 e. The van der Waals surface area contributed by atoms with Crippen molar-refractivity contribution in [2.75, 3.05) is 6.54 Å². The predicted molar refractivity (Wildman–Crippen MR) is 73.7 cm³/mol. The zero-order valence-corrected chi connectivity index (χ0v) is 12.0. The van der Waals surface area contributed by atoms with Gasteiger partial charge in [-0.1, -0.05) is 29.8 Å². The Morgan fingerprint density at radius 1 is 1.39 bits per heavy atom. The molecule has 0 fully saturated rings. The van der Waals surface area contributed by atoms with Crippen molar-refractivity contribution in [3.63, 3.8) is 0 Å². The smallest absolute Gasteiger partial charge is 0.320 e. The van der Waals surface area contributed by atoms with Crippen molar-refractivity contribution < 1.29 is 9.53 Å². The highest BCUT2D eigenvalue weighted by Gasteiger charge is 2.17. The lowest BCUT2D eigenvalue weighted by Gasteiger charge is -2.21. The van der Waals surface area contributed by atoms with Gasteiger partial charge in [0.1, 0.15) is 5.60 Å². The van der Waals surface area contributed by atoms with Crippen LogP contribution in [0.5, 0.6) is 0 Å². The van der Waals surface area contributed by atoms with Crippen molar-refractivity contribution in [1.82, 2.24) is 5.32 Å². The molecule has 1 aromatic rings. The first-order valence-electron chi connectivity index (χ1n) is 5.99. The van der Waals surface area contributed by atoms with Crippen LogP contribution in [0, 0.1) is 0 Å². The second kappa shape index (κ2) is 6.21. The zero-order chi connectivity index (χ0) is 13.8. The molecule has 0 spiro atoms. The predicted octanol–water partition coefficient (Wildman–Crippen LogP) is 3.33. The number of halogens is 1. The van der Waals surface area contributed by atoms with Gasteiger partial charge in [0.05, 0.1) is 6.54 Å². The molecule has 0 aliphatic heterocycles. The van der Waals surface area contributed by atoms with Gasteiger partial charge in [-0.05, 0) is 39.3 Å². The van der Waals surface area contributed by atoms with Crippen LogP contribution in [0.1, 0.15) is 39.3 Å². The van der Waals surface area contributed by atoms with E-state index in [0.717, 1.165) is 5.56 Å². The van der Waals surface area contributed by atoms with Gasteiger partial charge in [0.2, 0.25) is 0 Å². The third-order valence-corrected chi connectivity index (χ3v) is 2.69. The Kier molecular flexibility index (Phi) is 5.17. The summed E-state index contributed by atoms with van der Waals surface area (Å²) in [5.41, 5.74) is 0.523. The first kappa shape index (κ1) is 15.0. The molecule has 0 bridgehead atoms. The molecule has 18 heavy (non-hydrogen) atoms. The van der Waals surface area contributed by atoms with E-state index >= 15 is 0 Å². The number of hydrogen-bond acceptors (Lipinski definition) is 3. The fraction of sp³-hybridized carbons (Fsp3) is 0.500. The lowest BCUT2D eigenvalue weighted by Crippen LogP contribution is -2.32. The Balaban J connectivity index is 2.49. The zero-order valence-electron chi connectivity index (χ0n) is 11.3. The molecule has 0 amide bonds. The standard InChI is InChI=1S/C14H20ClNO2/c1-10(11-7-5-6-8-12(11)15)16-9-13(17)18-14(2,3)4/h5-8,10,16H,9H2,1-4H3/t10-/m0/s1. The number of benzene rings is 1. The average Bonchev–Trinajstić information content (AvgIpc) is 2.24. The normalized spacial score (nSPS) is 13.2. The molecule has 1 aromatic carbocycles. The first-order valence-corrected chi connectivity index (χ1v) is 6.37. The largest absolute Gasteiger partial charge is 0.459 e. The van der Waals surface area contributed by atoms with E-state index in [9.17, 15) is 4.79 Å². The summed E-state index contributed by atoms with van der Waals surface area (Å²) < 4.78 is 5.22. The van der Waals surface area contributed by atoms with Crippen LogP contribution in [0.25, 0.3) is 0 Å². The molecule has 0 saturated heterocycles. The van der Waals surface area contributed by atoms with Gasteiger partial charge < -0.3 is 10.1 Å². The monoisotopic (exact) mass is 269 g/mol. The number of nitrogens with one attached hydrogen (secondary N) is 1. The van der Waals surface area contributed by atoms with Gasteiger partial charge in [0.25, 0.3) is 0 Å². The van der Waals surface area contributed by atoms with Crippen molar-refractivity contribution in [2.45, 2.75) is 39.3 Å². The Morgan fingerprint density at radius 3 is 2.56 bits per heavy atom. The van der Waals surface area contributed by atoms with Gasteiger partial charge in [-0.15, -0.1) is 0 Å². The molecule has 0 aliphatic carbocycles. The van der Waals surface area contributed by atoms with Crippen LogP contribution < -0.4 is 5.32 Å². The minimum Gasteiger partial charge on any atom is -0.459 e. The van der Waals surface area contributed by atoms with Gasteiger partial charge in [0, 0.05) is 11.1 Å². The molecule has 0 radical (unpaired) electrons. The molecule has 1 atom stereocenters. The molecule has 1 rings (SSSR count). The molecular formula is C14H20ClNO2.